The Bertz CT molecular complexity index is 413. The smallest absolute Gasteiger partial charge is 0.417 e. The van der Waals surface area contributed by atoms with Crippen LogP contribution in [-0.2, 0) is 0 Å². The average Bonchev–Trinajstić information content (AvgIpc) is 2.44. The van der Waals surface area contributed by atoms with Crippen molar-refractivity contribution in [3.8, 4) is 0 Å². The van der Waals surface area contributed by atoms with Gasteiger partial charge in [-0.25, -0.2) is 14.3 Å². The van der Waals surface area contributed by atoms with Crippen molar-refractivity contribution >= 4 is 11.9 Å². The zero-order valence-electron chi connectivity index (χ0n) is 9.24. The van der Waals surface area contributed by atoms with Crippen molar-refractivity contribution in [1.82, 2.24) is 9.55 Å². The lowest BCUT2D eigenvalue weighted by atomic mass is 9.88. The Hall–Kier alpha value is -1.65. The highest BCUT2D eigenvalue weighted by molar-refractivity contribution is 6.01. The normalized spacial score (nSPS) is 11.5. The van der Waals surface area contributed by atoms with Crippen molar-refractivity contribution in [3.63, 3.8) is 0 Å². The molecule has 1 aromatic rings. The first-order valence-electron chi connectivity index (χ1n) is 4.57. The Morgan fingerprint density at radius 3 is 2.33 bits per heavy atom. The molecule has 0 aliphatic heterocycles. The highest BCUT2D eigenvalue weighted by Crippen LogP contribution is 2.22. The summed E-state index contributed by atoms with van der Waals surface area (Å²) in [6, 6.07) is 0. The van der Waals surface area contributed by atoms with E-state index in [2.05, 4.69) is 4.98 Å². The van der Waals surface area contributed by atoms with Gasteiger partial charge in [0, 0.05) is 5.41 Å². The van der Waals surface area contributed by atoms with Crippen molar-refractivity contribution in [3.05, 3.63) is 17.7 Å². The summed E-state index contributed by atoms with van der Waals surface area (Å²) in [5.74, 6) is -0.222. The number of rotatable bonds is 1. The molecule has 0 bridgehead atoms. The second kappa shape index (κ2) is 3.49. The quantitative estimate of drug-likeness (QED) is 0.719. The fourth-order valence-electron chi connectivity index (χ4n) is 1.21. The molecule has 0 aliphatic carbocycles. The molecule has 0 fully saturated rings. The minimum absolute atomic E-state index is 0.148. The highest BCUT2D eigenvalue weighted by Gasteiger charge is 2.29. The lowest BCUT2D eigenvalue weighted by molar-refractivity contribution is 0.0846. The first-order valence-corrected chi connectivity index (χ1v) is 4.57. The minimum atomic E-state index is -1.19. The van der Waals surface area contributed by atoms with Crippen LogP contribution in [-0.4, -0.2) is 26.5 Å². The van der Waals surface area contributed by atoms with E-state index in [1.165, 1.54) is 0 Å². The number of hydrogen-bond acceptors (Lipinski definition) is 3. The molecule has 0 atom stereocenters. The monoisotopic (exact) mass is 210 g/mol. The molecule has 0 saturated heterocycles. The topological polar surface area (TPSA) is 72.2 Å². The van der Waals surface area contributed by atoms with E-state index in [4.69, 9.17) is 5.11 Å². The Labute approximate surface area is 87.7 Å². The fourth-order valence-corrected chi connectivity index (χ4v) is 1.21. The van der Waals surface area contributed by atoms with Gasteiger partial charge in [0.05, 0.1) is 5.69 Å². The van der Waals surface area contributed by atoms with Crippen LogP contribution in [0.4, 0.5) is 4.79 Å². The summed E-state index contributed by atoms with van der Waals surface area (Å²) in [5, 5.41) is 8.86. The molecule has 82 valence electrons. The standard InChI is InChI=1S/C10H14N2O3/c1-6-7(8(13)10(2,3)4)12(5-11-6)9(14)15/h5H,1-4H3,(H,14,15). The summed E-state index contributed by atoms with van der Waals surface area (Å²) in [5.41, 5.74) is -0.0230. The van der Waals surface area contributed by atoms with Gasteiger partial charge in [0.25, 0.3) is 0 Å². The lowest BCUT2D eigenvalue weighted by Gasteiger charge is -2.16. The molecule has 0 aromatic carbocycles. The van der Waals surface area contributed by atoms with Crippen LogP contribution in [0.2, 0.25) is 0 Å². The number of carbonyl (C=O) groups is 2. The van der Waals surface area contributed by atoms with Crippen molar-refractivity contribution in [2.24, 2.45) is 5.41 Å². The first-order chi connectivity index (χ1) is 6.75. The number of aryl methyl sites for hydroxylation is 1. The van der Waals surface area contributed by atoms with Gasteiger partial charge in [-0.15, -0.1) is 0 Å². The van der Waals surface area contributed by atoms with Crippen LogP contribution in [0.15, 0.2) is 6.33 Å². The van der Waals surface area contributed by atoms with Gasteiger partial charge in [-0.3, -0.25) is 4.79 Å². The van der Waals surface area contributed by atoms with Crippen LogP contribution in [0.5, 0.6) is 0 Å². The Morgan fingerprint density at radius 2 is 1.93 bits per heavy atom. The summed E-state index contributed by atoms with van der Waals surface area (Å²) in [4.78, 5) is 26.6. The number of carbonyl (C=O) groups excluding carboxylic acids is 1. The maximum Gasteiger partial charge on any atom is 0.417 e. The van der Waals surface area contributed by atoms with Gasteiger partial charge in [-0.1, -0.05) is 20.8 Å². The van der Waals surface area contributed by atoms with Crippen LogP contribution in [0.3, 0.4) is 0 Å². The Kier molecular flexibility index (Phi) is 2.66. The van der Waals surface area contributed by atoms with E-state index in [1.54, 1.807) is 27.7 Å². The molecule has 1 aromatic heterocycles. The van der Waals surface area contributed by atoms with Gasteiger partial charge in [0.15, 0.2) is 5.78 Å². The van der Waals surface area contributed by atoms with E-state index in [0.29, 0.717) is 5.69 Å². The Balaban J connectivity index is 3.30. The number of nitrogens with zero attached hydrogens (tertiary/aromatic N) is 2. The van der Waals surface area contributed by atoms with Gasteiger partial charge >= 0.3 is 6.09 Å². The second-order valence-corrected chi connectivity index (χ2v) is 4.41. The molecule has 0 saturated carbocycles. The number of Topliss-reactive ketones (excluding diaryl/α,β-unsaturated/α-hetero) is 1. The molecule has 5 heteroatoms. The van der Waals surface area contributed by atoms with E-state index in [9.17, 15) is 9.59 Å². The predicted molar refractivity (Wildman–Crippen MR) is 54.2 cm³/mol. The summed E-state index contributed by atoms with van der Waals surface area (Å²) in [6.45, 7) is 6.86. The number of carboxylic acid groups (broad SMARTS) is 1. The maximum atomic E-state index is 11.9. The predicted octanol–water partition coefficient (Wildman–Crippen LogP) is 1.95. The molecular weight excluding hydrogens is 196 g/mol. The van der Waals surface area contributed by atoms with Crippen LogP contribution in [0, 0.1) is 12.3 Å². The molecule has 0 radical (unpaired) electrons. The van der Waals surface area contributed by atoms with Gasteiger partial charge in [-0.2, -0.15) is 0 Å². The SMILES string of the molecule is Cc1ncn(C(=O)O)c1C(=O)C(C)(C)C. The van der Waals surface area contributed by atoms with E-state index >= 15 is 0 Å². The van der Waals surface area contributed by atoms with Crippen LogP contribution in [0.25, 0.3) is 0 Å². The molecule has 1 rings (SSSR count). The zero-order valence-corrected chi connectivity index (χ0v) is 9.24. The van der Waals surface area contributed by atoms with Crippen molar-refractivity contribution in [2.45, 2.75) is 27.7 Å². The van der Waals surface area contributed by atoms with Crippen molar-refractivity contribution < 1.29 is 14.7 Å². The van der Waals surface area contributed by atoms with Crippen molar-refractivity contribution in [2.75, 3.05) is 0 Å². The third kappa shape index (κ3) is 2.06. The second-order valence-electron chi connectivity index (χ2n) is 4.41. The van der Waals surface area contributed by atoms with Gasteiger partial charge in [-0.05, 0) is 6.92 Å². The number of aromatic nitrogens is 2. The highest BCUT2D eigenvalue weighted by atomic mass is 16.4. The Morgan fingerprint density at radius 1 is 1.40 bits per heavy atom. The van der Waals surface area contributed by atoms with Gasteiger partial charge in [0.1, 0.15) is 12.0 Å². The third-order valence-electron chi connectivity index (χ3n) is 2.05. The summed E-state index contributed by atoms with van der Waals surface area (Å²) in [7, 11) is 0. The maximum absolute atomic E-state index is 11.9. The van der Waals surface area contributed by atoms with Crippen LogP contribution >= 0.6 is 0 Å². The van der Waals surface area contributed by atoms with Crippen molar-refractivity contribution in [1.29, 1.82) is 0 Å². The molecular formula is C10H14N2O3. The van der Waals surface area contributed by atoms with Gasteiger partial charge in [0.2, 0.25) is 0 Å². The summed E-state index contributed by atoms with van der Waals surface area (Å²) >= 11 is 0. The lowest BCUT2D eigenvalue weighted by Crippen LogP contribution is -2.26. The fraction of sp³-hybridized carbons (Fsp3) is 0.500. The van der Waals surface area contributed by atoms with Crippen LogP contribution in [0.1, 0.15) is 37.0 Å². The molecule has 0 amide bonds. The molecule has 0 unspecified atom stereocenters. The minimum Gasteiger partial charge on any atom is -0.464 e. The van der Waals surface area contributed by atoms with E-state index < -0.39 is 11.5 Å². The summed E-state index contributed by atoms with van der Waals surface area (Å²) < 4.78 is 0.864. The molecule has 15 heavy (non-hydrogen) atoms. The molecule has 5 nitrogen and oxygen atoms in total. The number of imidazole rings is 1. The number of hydrogen-bond donors (Lipinski definition) is 1. The third-order valence-corrected chi connectivity index (χ3v) is 2.05. The largest absolute Gasteiger partial charge is 0.464 e. The first kappa shape index (κ1) is 11.4. The molecule has 1 N–H and O–H groups in total. The van der Waals surface area contributed by atoms with E-state index in [1.807, 2.05) is 0 Å². The van der Waals surface area contributed by atoms with E-state index in [-0.39, 0.29) is 11.5 Å². The van der Waals surface area contributed by atoms with E-state index in [0.717, 1.165) is 10.9 Å². The number of ketones is 1. The molecule has 1 heterocycles. The molecule has 0 aliphatic rings. The van der Waals surface area contributed by atoms with Gasteiger partial charge < -0.3 is 5.11 Å². The summed E-state index contributed by atoms with van der Waals surface area (Å²) in [6.07, 6.45) is -0.0420. The van der Waals surface area contributed by atoms with Crippen LogP contribution < -0.4 is 0 Å². The zero-order chi connectivity index (χ0) is 11.8. The molecule has 0 spiro atoms. The average molecular weight is 210 g/mol.